The van der Waals surface area contributed by atoms with Gasteiger partial charge in [-0.25, -0.2) is 26.7 Å². The van der Waals surface area contributed by atoms with Crippen LogP contribution in [0.1, 0.15) is 18.5 Å². The highest BCUT2D eigenvalue weighted by Crippen LogP contribution is 2.20. The largest absolute Gasteiger partial charge is 0.241 e. The quantitative estimate of drug-likeness (QED) is 0.834. The Morgan fingerprint density at radius 1 is 1.00 bits per heavy atom. The number of nitrogens with two attached hydrogens (primary N) is 1. The summed E-state index contributed by atoms with van der Waals surface area (Å²) in [5.41, 5.74) is 0.481. The first-order chi connectivity index (χ1) is 10.6. The molecule has 0 fully saturated rings. The van der Waals surface area contributed by atoms with E-state index < -0.39 is 26.1 Å². The van der Waals surface area contributed by atoms with E-state index >= 15 is 0 Å². The van der Waals surface area contributed by atoms with E-state index in [0.29, 0.717) is 10.6 Å². The summed E-state index contributed by atoms with van der Waals surface area (Å²) < 4.78 is 49.9. The van der Waals surface area contributed by atoms with Crippen molar-refractivity contribution in [2.45, 2.75) is 22.8 Å². The Labute approximate surface area is 140 Å². The molecule has 0 aromatic heterocycles. The molecule has 2 aromatic rings. The summed E-state index contributed by atoms with van der Waals surface area (Å²) in [6, 6.07) is 10.9. The molecule has 3 N–H and O–H groups in total. The molecule has 2 rings (SSSR count). The average molecular weight is 375 g/mol. The molecule has 0 unspecified atom stereocenters. The van der Waals surface area contributed by atoms with Crippen molar-refractivity contribution in [3.8, 4) is 0 Å². The van der Waals surface area contributed by atoms with Gasteiger partial charge in [-0.1, -0.05) is 23.7 Å². The second kappa shape index (κ2) is 6.58. The van der Waals surface area contributed by atoms with Gasteiger partial charge in [0.25, 0.3) is 0 Å². The number of benzene rings is 2. The SMILES string of the molecule is C[C@@H](NS(=O)(=O)c1ccc(Cl)cc1)c1cccc(S(N)(=O)=O)c1. The lowest BCUT2D eigenvalue weighted by Crippen LogP contribution is -2.27. The van der Waals surface area contributed by atoms with Crippen molar-refractivity contribution in [3.05, 3.63) is 59.1 Å². The molecule has 124 valence electrons. The van der Waals surface area contributed by atoms with Gasteiger partial charge in [0.05, 0.1) is 9.79 Å². The van der Waals surface area contributed by atoms with E-state index in [-0.39, 0.29) is 9.79 Å². The van der Waals surface area contributed by atoms with Gasteiger partial charge in [-0.3, -0.25) is 0 Å². The third-order valence-corrected chi connectivity index (χ3v) is 5.86. The van der Waals surface area contributed by atoms with E-state index in [1.807, 2.05) is 0 Å². The summed E-state index contributed by atoms with van der Waals surface area (Å²) in [5.74, 6) is 0. The van der Waals surface area contributed by atoms with Gasteiger partial charge in [0.1, 0.15) is 0 Å². The van der Waals surface area contributed by atoms with E-state index in [9.17, 15) is 16.8 Å². The monoisotopic (exact) mass is 374 g/mol. The first kappa shape index (κ1) is 17.9. The van der Waals surface area contributed by atoms with Crippen molar-refractivity contribution in [2.75, 3.05) is 0 Å². The number of hydrogen-bond acceptors (Lipinski definition) is 4. The number of sulfonamides is 2. The molecule has 0 aliphatic heterocycles. The maximum atomic E-state index is 12.3. The molecule has 0 saturated heterocycles. The summed E-state index contributed by atoms with van der Waals surface area (Å²) in [4.78, 5) is -0.0103. The summed E-state index contributed by atoms with van der Waals surface area (Å²) in [7, 11) is -7.61. The molecule has 0 heterocycles. The third kappa shape index (κ3) is 4.52. The Balaban J connectivity index is 2.28. The highest BCUT2D eigenvalue weighted by atomic mass is 35.5. The topological polar surface area (TPSA) is 106 Å². The van der Waals surface area contributed by atoms with Gasteiger partial charge in [-0.15, -0.1) is 0 Å². The number of hydrogen-bond donors (Lipinski definition) is 2. The molecular weight excluding hydrogens is 360 g/mol. The Hall–Kier alpha value is -1.45. The van der Waals surface area contributed by atoms with Crippen molar-refractivity contribution in [1.82, 2.24) is 4.72 Å². The van der Waals surface area contributed by atoms with Crippen LogP contribution in [0.5, 0.6) is 0 Å². The maximum absolute atomic E-state index is 12.3. The van der Waals surface area contributed by atoms with Gasteiger partial charge < -0.3 is 0 Å². The van der Waals surface area contributed by atoms with E-state index in [4.69, 9.17) is 16.7 Å². The summed E-state index contributed by atoms with van der Waals surface area (Å²) in [6.07, 6.45) is 0. The normalized spacial score (nSPS) is 13.7. The van der Waals surface area contributed by atoms with Crippen LogP contribution in [-0.2, 0) is 20.0 Å². The number of primary sulfonamides is 1. The van der Waals surface area contributed by atoms with Gasteiger partial charge in [-0.2, -0.15) is 0 Å². The first-order valence-corrected chi connectivity index (χ1v) is 9.91. The van der Waals surface area contributed by atoms with Crippen LogP contribution in [0.3, 0.4) is 0 Å². The van der Waals surface area contributed by atoms with Crippen molar-refractivity contribution in [1.29, 1.82) is 0 Å². The fourth-order valence-electron chi connectivity index (χ4n) is 1.94. The lowest BCUT2D eigenvalue weighted by Gasteiger charge is -2.15. The van der Waals surface area contributed by atoms with Crippen LogP contribution in [-0.4, -0.2) is 16.8 Å². The van der Waals surface area contributed by atoms with Gasteiger partial charge in [-0.05, 0) is 48.9 Å². The molecule has 23 heavy (non-hydrogen) atoms. The molecule has 0 radical (unpaired) electrons. The Morgan fingerprint density at radius 2 is 1.61 bits per heavy atom. The zero-order valence-electron chi connectivity index (χ0n) is 12.1. The molecule has 1 atom stereocenters. The molecule has 0 amide bonds. The molecule has 9 heteroatoms. The van der Waals surface area contributed by atoms with Crippen molar-refractivity contribution < 1.29 is 16.8 Å². The predicted octanol–water partition coefficient (Wildman–Crippen LogP) is 2.03. The summed E-state index contributed by atoms with van der Waals surface area (Å²) in [6.45, 7) is 1.61. The van der Waals surface area contributed by atoms with Crippen LogP contribution in [0, 0.1) is 0 Å². The first-order valence-electron chi connectivity index (χ1n) is 6.50. The van der Waals surface area contributed by atoms with Crippen LogP contribution in [0.4, 0.5) is 0 Å². The molecule has 0 bridgehead atoms. The van der Waals surface area contributed by atoms with Gasteiger partial charge >= 0.3 is 0 Å². The molecule has 6 nitrogen and oxygen atoms in total. The fraction of sp³-hybridized carbons (Fsp3) is 0.143. The third-order valence-electron chi connectivity index (χ3n) is 3.14. The van der Waals surface area contributed by atoms with Gasteiger partial charge in [0, 0.05) is 11.1 Å². The van der Waals surface area contributed by atoms with Gasteiger partial charge in [0.2, 0.25) is 20.0 Å². The smallest absolute Gasteiger partial charge is 0.225 e. The maximum Gasteiger partial charge on any atom is 0.241 e. The zero-order valence-corrected chi connectivity index (χ0v) is 14.5. The second-order valence-corrected chi connectivity index (χ2v) is 8.63. The summed E-state index contributed by atoms with van der Waals surface area (Å²) >= 11 is 5.74. The van der Waals surface area contributed by atoms with Crippen LogP contribution in [0.15, 0.2) is 58.3 Å². The molecule has 0 saturated carbocycles. The molecule has 0 spiro atoms. The number of rotatable bonds is 5. The molecule has 2 aromatic carbocycles. The molecule has 0 aliphatic carbocycles. The minimum Gasteiger partial charge on any atom is -0.225 e. The lowest BCUT2D eigenvalue weighted by molar-refractivity contribution is 0.566. The van der Waals surface area contributed by atoms with Crippen molar-refractivity contribution in [3.63, 3.8) is 0 Å². The second-order valence-electron chi connectivity index (χ2n) is 4.91. The summed E-state index contributed by atoms with van der Waals surface area (Å²) in [5, 5.41) is 5.51. The van der Waals surface area contributed by atoms with E-state index in [0.717, 1.165) is 0 Å². The van der Waals surface area contributed by atoms with E-state index in [1.165, 1.54) is 42.5 Å². The standard InChI is InChI=1S/C14H15ClN2O4S2/c1-10(11-3-2-4-14(9-11)22(16,18)19)17-23(20,21)13-7-5-12(15)6-8-13/h2-10,17H,1H3,(H2,16,18,19)/t10-/m1/s1. The van der Waals surface area contributed by atoms with Crippen LogP contribution in [0.2, 0.25) is 5.02 Å². The van der Waals surface area contributed by atoms with Crippen LogP contribution in [0.25, 0.3) is 0 Å². The minimum absolute atomic E-state index is 0.0661. The van der Waals surface area contributed by atoms with E-state index in [1.54, 1.807) is 13.0 Å². The average Bonchev–Trinajstić information content (AvgIpc) is 2.46. The number of halogens is 1. The van der Waals surface area contributed by atoms with E-state index in [2.05, 4.69) is 4.72 Å². The van der Waals surface area contributed by atoms with Gasteiger partial charge in [0.15, 0.2) is 0 Å². The Kier molecular flexibility index (Phi) is 5.12. The van der Waals surface area contributed by atoms with Crippen molar-refractivity contribution in [2.24, 2.45) is 5.14 Å². The zero-order chi connectivity index (χ0) is 17.3. The highest BCUT2D eigenvalue weighted by molar-refractivity contribution is 7.89. The Morgan fingerprint density at radius 3 is 2.17 bits per heavy atom. The fourth-order valence-corrected chi connectivity index (χ4v) is 3.87. The minimum atomic E-state index is -3.85. The Bertz CT molecular complexity index is 910. The van der Waals surface area contributed by atoms with Crippen LogP contribution < -0.4 is 9.86 Å². The van der Waals surface area contributed by atoms with Crippen LogP contribution >= 0.6 is 11.6 Å². The molecule has 0 aliphatic rings. The van der Waals surface area contributed by atoms with Crippen molar-refractivity contribution >= 4 is 31.6 Å². The number of nitrogens with one attached hydrogen (secondary N) is 1. The highest BCUT2D eigenvalue weighted by Gasteiger charge is 2.19. The lowest BCUT2D eigenvalue weighted by atomic mass is 10.1. The predicted molar refractivity (Wildman–Crippen MR) is 88.0 cm³/mol. The molecular formula is C14H15ClN2O4S2.